The van der Waals surface area contributed by atoms with Gasteiger partial charge in [0.25, 0.3) is 5.91 Å². The fraction of sp³-hybridized carbons (Fsp3) is 0.433. The Bertz CT molecular complexity index is 1220. The molecule has 1 aliphatic heterocycles. The second kappa shape index (κ2) is 9.51. The first-order valence-corrected chi connectivity index (χ1v) is 13.6. The molecule has 3 unspecified atom stereocenters. The van der Waals surface area contributed by atoms with Crippen molar-refractivity contribution in [2.24, 2.45) is 11.3 Å². The number of hydrogen-bond donors (Lipinski definition) is 1. The number of aryl methyl sites for hydroxylation is 1. The van der Waals surface area contributed by atoms with Crippen LogP contribution in [0, 0.1) is 18.3 Å². The fourth-order valence-corrected chi connectivity index (χ4v) is 6.03. The molecule has 1 N–H and O–H groups in total. The second-order valence-electron chi connectivity index (χ2n) is 10.6. The standard InChI is InChI=1S/C30H34FNO2S/c1-4-20-5-6-21(15-24(14-20)30(3)10-11-30)23-16-28(35-18-23)25-8-7-22(13-19(25)2)29(34)32-12-9-27(33)26(31)17-32/h5-8,13-16,18,20,26-27,33H,4,9-12,17H2,1-3H3. The Labute approximate surface area is 211 Å². The highest BCUT2D eigenvalue weighted by Gasteiger charge is 2.40. The van der Waals surface area contributed by atoms with Gasteiger partial charge in [-0.1, -0.05) is 44.2 Å². The average Bonchev–Trinajstić information content (AvgIpc) is 3.49. The van der Waals surface area contributed by atoms with Gasteiger partial charge in [-0.2, -0.15) is 0 Å². The van der Waals surface area contributed by atoms with E-state index >= 15 is 0 Å². The van der Waals surface area contributed by atoms with Crippen LogP contribution in [-0.4, -0.2) is 41.3 Å². The average molecular weight is 492 g/mol. The number of allylic oxidation sites excluding steroid dienone is 6. The highest BCUT2D eigenvalue weighted by Crippen LogP contribution is 2.53. The number of aliphatic hydroxyl groups excluding tert-OH is 1. The molecule has 2 aliphatic carbocycles. The van der Waals surface area contributed by atoms with Gasteiger partial charge in [-0.05, 0) is 95.4 Å². The highest BCUT2D eigenvalue weighted by atomic mass is 32.1. The quantitative estimate of drug-likeness (QED) is 0.490. The topological polar surface area (TPSA) is 40.5 Å². The van der Waals surface area contributed by atoms with Gasteiger partial charge in [0.2, 0.25) is 0 Å². The molecule has 0 spiro atoms. The number of likely N-dealkylation sites (tertiary alicyclic amines) is 1. The largest absolute Gasteiger partial charge is 0.390 e. The summed E-state index contributed by atoms with van der Waals surface area (Å²) < 4.78 is 13.9. The third kappa shape index (κ3) is 4.94. The molecule has 5 rings (SSSR count). The zero-order chi connectivity index (χ0) is 24.7. The number of hydrogen-bond acceptors (Lipinski definition) is 3. The van der Waals surface area contributed by atoms with Gasteiger partial charge in [-0.3, -0.25) is 4.79 Å². The molecule has 1 saturated carbocycles. The number of halogens is 1. The summed E-state index contributed by atoms with van der Waals surface area (Å²) in [4.78, 5) is 15.6. The summed E-state index contributed by atoms with van der Waals surface area (Å²) in [6.45, 7) is 6.97. The third-order valence-corrected chi connectivity index (χ3v) is 8.83. The monoisotopic (exact) mass is 491 g/mol. The van der Waals surface area contributed by atoms with Crippen LogP contribution in [-0.2, 0) is 0 Å². The van der Waals surface area contributed by atoms with E-state index in [2.05, 4.69) is 49.6 Å². The van der Waals surface area contributed by atoms with Crippen LogP contribution >= 0.6 is 11.3 Å². The van der Waals surface area contributed by atoms with E-state index in [-0.39, 0.29) is 18.9 Å². The van der Waals surface area contributed by atoms with Gasteiger partial charge >= 0.3 is 0 Å². The number of piperidine rings is 1. The van der Waals surface area contributed by atoms with Gasteiger partial charge in [0.05, 0.1) is 12.6 Å². The van der Waals surface area contributed by atoms with Crippen LogP contribution in [0.5, 0.6) is 0 Å². The summed E-state index contributed by atoms with van der Waals surface area (Å²) in [6, 6.07) is 8.00. The van der Waals surface area contributed by atoms with E-state index in [0.717, 1.165) is 17.5 Å². The zero-order valence-electron chi connectivity index (χ0n) is 20.8. The lowest BCUT2D eigenvalue weighted by molar-refractivity contribution is 0.00826. The van der Waals surface area contributed by atoms with Gasteiger partial charge in [-0.15, -0.1) is 11.3 Å². The van der Waals surface area contributed by atoms with Crippen LogP contribution < -0.4 is 0 Å². The molecule has 1 aromatic heterocycles. The summed E-state index contributed by atoms with van der Waals surface area (Å²) >= 11 is 1.72. The van der Waals surface area contributed by atoms with Crippen molar-refractivity contribution < 1.29 is 14.3 Å². The van der Waals surface area contributed by atoms with Crippen molar-refractivity contribution in [2.45, 2.75) is 58.7 Å². The van der Waals surface area contributed by atoms with Crippen LogP contribution in [0.2, 0.25) is 0 Å². The van der Waals surface area contributed by atoms with Crippen molar-refractivity contribution >= 4 is 22.8 Å². The summed E-state index contributed by atoms with van der Waals surface area (Å²) in [5, 5.41) is 11.9. The minimum atomic E-state index is -1.38. The molecule has 1 saturated heterocycles. The molecule has 1 aromatic carbocycles. The summed E-state index contributed by atoms with van der Waals surface area (Å²) in [5.41, 5.74) is 7.01. The lowest BCUT2D eigenvalue weighted by Crippen LogP contribution is -2.47. The van der Waals surface area contributed by atoms with Crippen molar-refractivity contribution in [2.75, 3.05) is 13.1 Å². The molecule has 3 nitrogen and oxygen atoms in total. The van der Waals surface area contributed by atoms with Crippen molar-refractivity contribution in [1.29, 1.82) is 0 Å². The van der Waals surface area contributed by atoms with Crippen molar-refractivity contribution in [3.05, 3.63) is 76.2 Å². The Hall–Kier alpha value is -2.50. The minimum absolute atomic E-state index is 0.0495. The smallest absolute Gasteiger partial charge is 0.253 e. The van der Waals surface area contributed by atoms with Crippen molar-refractivity contribution in [3.8, 4) is 10.4 Å². The molecule has 1 amide bonds. The maximum atomic E-state index is 13.9. The van der Waals surface area contributed by atoms with Crippen molar-refractivity contribution in [1.82, 2.24) is 4.90 Å². The Kier molecular flexibility index (Phi) is 6.58. The minimum Gasteiger partial charge on any atom is -0.390 e. The molecular weight excluding hydrogens is 457 g/mol. The lowest BCUT2D eigenvalue weighted by Gasteiger charge is -2.32. The van der Waals surface area contributed by atoms with Crippen molar-refractivity contribution in [3.63, 3.8) is 0 Å². The van der Waals surface area contributed by atoms with Crippen LogP contribution in [0.1, 0.15) is 61.0 Å². The number of rotatable bonds is 5. The zero-order valence-corrected chi connectivity index (χ0v) is 21.6. The molecule has 2 fully saturated rings. The van der Waals surface area contributed by atoms with Crippen LogP contribution in [0.4, 0.5) is 4.39 Å². The third-order valence-electron chi connectivity index (χ3n) is 7.86. The van der Waals surface area contributed by atoms with E-state index in [1.807, 2.05) is 25.1 Å². The molecule has 3 atom stereocenters. The first-order chi connectivity index (χ1) is 16.8. The molecular formula is C30H34FNO2S. The predicted molar refractivity (Wildman–Crippen MR) is 142 cm³/mol. The Morgan fingerprint density at radius 2 is 2.09 bits per heavy atom. The first kappa shape index (κ1) is 24.2. The number of nitrogens with zero attached hydrogens (tertiary/aromatic N) is 1. The summed E-state index contributed by atoms with van der Waals surface area (Å²) in [5.74, 6) is 0.311. The SMILES string of the molecule is CCC1C=CC(c2csc(-c3ccc(C(=O)N4CCC(O)C(F)C4)cc3C)c2)=CC(C2(C)CC2)=C1. The number of carbonyl (C=O) groups is 1. The van der Waals surface area contributed by atoms with Gasteiger partial charge < -0.3 is 10.0 Å². The number of amides is 1. The van der Waals surface area contributed by atoms with E-state index in [1.165, 1.54) is 39.3 Å². The van der Waals surface area contributed by atoms with Crippen LogP contribution in [0.15, 0.2) is 59.5 Å². The van der Waals surface area contributed by atoms with Gasteiger partial charge in [0, 0.05) is 17.0 Å². The maximum absolute atomic E-state index is 13.9. The van der Waals surface area contributed by atoms with Gasteiger partial charge in [-0.25, -0.2) is 4.39 Å². The molecule has 2 heterocycles. The van der Waals surface area contributed by atoms with E-state index in [4.69, 9.17) is 0 Å². The normalized spacial score (nSPS) is 25.6. The second-order valence-corrected chi connectivity index (χ2v) is 11.5. The Balaban J connectivity index is 1.37. The Morgan fingerprint density at radius 3 is 2.77 bits per heavy atom. The number of aliphatic hydroxyl groups is 1. The fourth-order valence-electron chi connectivity index (χ4n) is 5.02. The molecule has 2 aromatic rings. The van der Waals surface area contributed by atoms with E-state index in [9.17, 15) is 14.3 Å². The van der Waals surface area contributed by atoms with Gasteiger partial charge in [0.15, 0.2) is 0 Å². The van der Waals surface area contributed by atoms with E-state index in [0.29, 0.717) is 23.4 Å². The molecule has 0 radical (unpaired) electrons. The maximum Gasteiger partial charge on any atom is 0.253 e. The molecule has 5 heteroatoms. The summed E-state index contributed by atoms with van der Waals surface area (Å²) in [7, 11) is 0. The number of carbonyl (C=O) groups excluding carboxylic acids is 1. The molecule has 3 aliphatic rings. The molecule has 184 valence electrons. The molecule has 0 bridgehead atoms. The summed E-state index contributed by atoms with van der Waals surface area (Å²) in [6.07, 6.45) is 11.0. The number of thiophene rings is 1. The van der Waals surface area contributed by atoms with E-state index < -0.39 is 12.3 Å². The predicted octanol–water partition coefficient (Wildman–Crippen LogP) is 6.97. The number of alkyl halides is 1. The van der Waals surface area contributed by atoms with Crippen LogP contribution in [0.3, 0.4) is 0 Å². The van der Waals surface area contributed by atoms with Gasteiger partial charge in [0.1, 0.15) is 6.17 Å². The number of benzene rings is 1. The highest BCUT2D eigenvalue weighted by molar-refractivity contribution is 7.13. The first-order valence-electron chi connectivity index (χ1n) is 12.7. The van der Waals surface area contributed by atoms with E-state index in [1.54, 1.807) is 11.3 Å². The molecule has 35 heavy (non-hydrogen) atoms. The Morgan fingerprint density at radius 1 is 1.29 bits per heavy atom. The van der Waals surface area contributed by atoms with Crippen LogP contribution in [0.25, 0.3) is 16.0 Å². The lowest BCUT2D eigenvalue weighted by atomic mass is 9.92.